The smallest absolute Gasteiger partial charge is 0.344 e. The monoisotopic (exact) mass is 516 g/mol. The third kappa shape index (κ3) is 5.41. The first-order chi connectivity index (χ1) is 15.7. The predicted octanol–water partition coefficient (Wildman–Crippen LogP) is 2.34. The third-order valence-corrected chi connectivity index (χ3v) is 6.58. The molecule has 2 heterocycles. The lowest BCUT2D eigenvalue weighted by molar-refractivity contribution is -0.137. The molecule has 3 aromatic rings. The highest BCUT2D eigenvalue weighted by atomic mass is 32.2. The van der Waals surface area contributed by atoms with E-state index in [2.05, 4.69) is 20.4 Å². The fourth-order valence-electron chi connectivity index (χ4n) is 2.83. The van der Waals surface area contributed by atoms with E-state index < -0.39 is 44.0 Å². The van der Waals surface area contributed by atoms with Crippen LogP contribution in [-0.2, 0) is 16.0 Å². The Morgan fingerprint density at radius 1 is 1.18 bits per heavy atom. The number of amides is 2. The van der Waals surface area contributed by atoms with Crippen LogP contribution in [0.1, 0.15) is 44.4 Å². The van der Waals surface area contributed by atoms with Crippen LogP contribution in [0, 0.1) is 0 Å². The van der Waals surface area contributed by atoms with Crippen molar-refractivity contribution in [3.05, 3.63) is 52.6 Å². The van der Waals surface area contributed by atoms with Gasteiger partial charge in [-0.3, -0.25) is 9.59 Å². The summed E-state index contributed by atoms with van der Waals surface area (Å²) in [5.74, 6) is -1.01. The van der Waals surface area contributed by atoms with Crippen LogP contribution < -0.4 is 5.32 Å². The van der Waals surface area contributed by atoms with Crippen molar-refractivity contribution in [1.29, 1.82) is 0 Å². The fourth-order valence-corrected chi connectivity index (χ4v) is 4.41. The minimum atomic E-state index is -4.85. The first-order valence-corrected chi connectivity index (χ1v) is 12.2. The van der Waals surface area contributed by atoms with Crippen LogP contribution in [0.3, 0.4) is 0 Å². The molecule has 1 N–H and O–H groups in total. The summed E-state index contributed by atoms with van der Waals surface area (Å²) in [5.41, 5.74) is -1.75. The average molecular weight is 517 g/mol. The molecule has 0 aliphatic carbocycles. The van der Waals surface area contributed by atoms with Gasteiger partial charge < -0.3 is 10.2 Å². The summed E-state index contributed by atoms with van der Waals surface area (Å²) in [7, 11) is -0.838. The van der Waals surface area contributed by atoms with Gasteiger partial charge in [0, 0.05) is 25.9 Å². The van der Waals surface area contributed by atoms with Gasteiger partial charge in [-0.25, -0.2) is 18.4 Å². The molecule has 0 radical (unpaired) electrons. The van der Waals surface area contributed by atoms with Crippen molar-refractivity contribution in [3.8, 4) is 5.13 Å². The molecule has 0 aliphatic heterocycles. The van der Waals surface area contributed by atoms with Crippen molar-refractivity contribution in [3.63, 3.8) is 0 Å². The molecule has 1 aromatic carbocycles. The molecule has 1 atom stereocenters. The number of carbonyl (C=O) groups is 2. The number of rotatable bonds is 6. The number of nitrogens with one attached hydrogen (secondary N) is 1. The van der Waals surface area contributed by atoms with E-state index in [1.54, 1.807) is 14.1 Å². The quantitative estimate of drug-likeness (QED) is 0.533. The van der Waals surface area contributed by atoms with Crippen LogP contribution in [0.15, 0.2) is 35.6 Å². The highest BCUT2D eigenvalue weighted by molar-refractivity contribution is 7.90. The summed E-state index contributed by atoms with van der Waals surface area (Å²) in [5, 5.41) is 6.83. The number of hydrogen-bond donors (Lipinski definition) is 1. The zero-order valence-corrected chi connectivity index (χ0v) is 19.9. The Bertz CT molecular complexity index is 1350. The van der Waals surface area contributed by atoms with Crippen molar-refractivity contribution >= 4 is 33.0 Å². The molecule has 0 aliphatic rings. The van der Waals surface area contributed by atoms with Crippen LogP contribution in [0.5, 0.6) is 0 Å². The van der Waals surface area contributed by atoms with Crippen LogP contribution >= 0.6 is 11.3 Å². The van der Waals surface area contributed by atoms with Crippen LogP contribution in [0.25, 0.3) is 5.13 Å². The maximum absolute atomic E-state index is 13.3. The number of alkyl halides is 3. The van der Waals surface area contributed by atoms with E-state index in [-0.39, 0.29) is 16.9 Å². The van der Waals surface area contributed by atoms with E-state index in [1.165, 1.54) is 29.0 Å². The van der Waals surface area contributed by atoms with E-state index in [1.807, 2.05) is 0 Å². The minimum Gasteiger partial charge on any atom is -0.344 e. The second-order valence-electron chi connectivity index (χ2n) is 7.45. The van der Waals surface area contributed by atoms with Gasteiger partial charge in [0.15, 0.2) is 15.7 Å². The van der Waals surface area contributed by atoms with Crippen LogP contribution in [-0.4, -0.2) is 65.2 Å². The lowest BCUT2D eigenvalue weighted by Crippen LogP contribution is -2.29. The second-order valence-corrected chi connectivity index (χ2v) is 10.5. The molecule has 10 nitrogen and oxygen atoms in total. The third-order valence-electron chi connectivity index (χ3n) is 4.52. The molecule has 0 spiro atoms. The highest BCUT2D eigenvalue weighted by Crippen LogP contribution is 2.32. The van der Waals surface area contributed by atoms with E-state index in [0.29, 0.717) is 17.0 Å². The van der Waals surface area contributed by atoms with Gasteiger partial charge >= 0.3 is 6.18 Å². The molecule has 0 fully saturated rings. The molecule has 0 bridgehead atoms. The van der Waals surface area contributed by atoms with Crippen molar-refractivity contribution in [2.75, 3.05) is 20.4 Å². The number of halogens is 3. The normalized spacial score (nSPS) is 12.9. The molecule has 0 unspecified atom stereocenters. The lowest BCUT2D eigenvalue weighted by Gasteiger charge is -2.15. The molecule has 2 aromatic heterocycles. The van der Waals surface area contributed by atoms with Gasteiger partial charge in [-0.05, 0) is 25.1 Å². The van der Waals surface area contributed by atoms with E-state index >= 15 is 0 Å². The summed E-state index contributed by atoms with van der Waals surface area (Å²) in [6.45, 7) is 1.52. The number of carbonyl (C=O) groups excluding carboxylic acids is 2. The Hall–Kier alpha value is -3.33. The summed E-state index contributed by atoms with van der Waals surface area (Å²) in [6.07, 6.45) is -1.54. The Balaban J connectivity index is 1.90. The molecule has 2 amide bonds. The van der Waals surface area contributed by atoms with Crippen molar-refractivity contribution in [2.45, 2.75) is 24.0 Å². The Kier molecular flexibility index (Phi) is 6.80. The van der Waals surface area contributed by atoms with Crippen LogP contribution in [0.4, 0.5) is 13.2 Å². The molecule has 182 valence electrons. The van der Waals surface area contributed by atoms with Crippen molar-refractivity contribution in [1.82, 2.24) is 30.0 Å². The highest BCUT2D eigenvalue weighted by Gasteiger charge is 2.33. The van der Waals surface area contributed by atoms with E-state index in [4.69, 9.17) is 0 Å². The maximum Gasteiger partial charge on any atom is 0.416 e. The molecule has 0 saturated carbocycles. The second kappa shape index (κ2) is 9.13. The number of nitrogens with zero attached hydrogens (tertiary/aromatic N) is 5. The average Bonchev–Trinajstić information content (AvgIpc) is 3.40. The van der Waals surface area contributed by atoms with Gasteiger partial charge in [0.25, 0.3) is 11.8 Å². The van der Waals surface area contributed by atoms with Gasteiger partial charge in [0.2, 0.25) is 5.13 Å². The zero-order valence-electron chi connectivity index (χ0n) is 18.3. The van der Waals surface area contributed by atoms with Crippen molar-refractivity contribution < 1.29 is 31.2 Å². The van der Waals surface area contributed by atoms with E-state index in [9.17, 15) is 31.2 Å². The fraction of sp³-hybridized carbons (Fsp3) is 0.316. The van der Waals surface area contributed by atoms with Crippen molar-refractivity contribution in [2.24, 2.45) is 0 Å². The summed E-state index contributed by atoms with van der Waals surface area (Å²) < 4.78 is 64.7. The van der Waals surface area contributed by atoms with Gasteiger partial charge in [-0.2, -0.15) is 23.0 Å². The van der Waals surface area contributed by atoms with Crippen LogP contribution in [0.2, 0.25) is 0 Å². The number of sulfone groups is 1. The number of aromatic nitrogens is 4. The van der Waals surface area contributed by atoms with E-state index in [0.717, 1.165) is 23.7 Å². The largest absolute Gasteiger partial charge is 0.416 e. The topological polar surface area (TPSA) is 127 Å². The number of hydrogen-bond acceptors (Lipinski definition) is 8. The lowest BCUT2D eigenvalue weighted by atomic mass is 10.1. The molecule has 3 rings (SSSR count). The molecule has 15 heteroatoms. The molecule has 34 heavy (non-hydrogen) atoms. The Morgan fingerprint density at radius 2 is 1.85 bits per heavy atom. The summed E-state index contributed by atoms with van der Waals surface area (Å²) in [6, 6.07) is 1.06. The van der Waals surface area contributed by atoms with Gasteiger partial charge in [-0.1, -0.05) is 11.3 Å². The first-order valence-electron chi connectivity index (χ1n) is 9.49. The Morgan fingerprint density at radius 3 is 2.44 bits per heavy atom. The molecule has 0 saturated heterocycles. The molecular weight excluding hydrogens is 497 g/mol. The molecular formula is C19H19F3N6O4S2. The SMILES string of the molecule is C[C@H](NC(=O)c1cc(C(F)(F)F)cc(S(C)(=O)=O)c1)c1ncnn1-c1ncc(C(=O)N(C)C)s1. The zero-order chi connectivity index (χ0) is 25.4. The number of benzene rings is 1. The maximum atomic E-state index is 13.3. The standard InChI is InChI=1S/C19H19F3N6O4S2/c1-10(15-24-9-25-28(15)18-23-8-14(33-18)17(30)27(2)3)26-16(29)11-5-12(19(20,21)22)7-13(6-11)34(4,31)32/h5-10H,1-4H3,(H,26,29)/t10-/m0/s1. The minimum absolute atomic E-state index is 0.196. The Labute approximate surface area is 196 Å². The summed E-state index contributed by atoms with van der Waals surface area (Å²) >= 11 is 1.04. The van der Waals surface area contributed by atoms with Gasteiger partial charge in [0.05, 0.1) is 22.7 Å². The van der Waals surface area contributed by atoms with Gasteiger partial charge in [-0.15, -0.1) is 0 Å². The summed E-state index contributed by atoms with van der Waals surface area (Å²) in [4.78, 5) is 34.2. The predicted molar refractivity (Wildman–Crippen MR) is 115 cm³/mol. The van der Waals surface area contributed by atoms with Gasteiger partial charge in [0.1, 0.15) is 11.2 Å². The first kappa shape index (κ1) is 25.3. The number of thiazole rings is 1.